The molecule has 2 aromatic carbocycles. The predicted molar refractivity (Wildman–Crippen MR) is 201 cm³/mol. The Bertz CT molecular complexity index is 2270. The summed E-state index contributed by atoms with van der Waals surface area (Å²) < 4.78 is 63.1. The van der Waals surface area contributed by atoms with E-state index in [1.807, 2.05) is 6.07 Å². The highest BCUT2D eigenvalue weighted by atomic mass is 35.5. The van der Waals surface area contributed by atoms with Crippen molar-refractivity contribution in [2.24, 2.45) is 0 Å². The number of fused-ring (bicyclic) bond motifs is 2. The quantitative estimate of drug-likeness (QED) is 0.0782. The fourth-order valence-electron chi connectivity index (χ4n) is 4.81. The number of nitrogens with one attached hydrogen (secondary N) is 2. The van der Waals surface area contributed by atoms with Crippen LogP contribution in [0.3, 0.4) is 0 Å². The first-order valence-electron chi connectivity index (χ1n) is 16.2. The summed E-state index contributed by atoms with van der Waals surface area (Å²) in [6, 6.07) is 13.1. The molecular formula is C32H38ClFN10O8P2. The Hall–Kier alpha value is -4.74. The Labute approximate surface area is 311 Å². The molecule has 0 aliphatic heterocycles. The monoisotopic (exact) mass is 806 g/mol. The van der Waals surface area contributed by atoms with Crippen molar-refractivity contribution >= 4 is 60.6 Å². The number of halogens is 2. The van der Waals surface area contributed by atoms with E-state index >= 15 is 0 Å². The van der Waals surface area contributed by atoms with Crippen LogP contribution in [0.2, 0.25) is 5.02 Å². The Balaban J connectivity index is 0.000000208. The van der Waals surface area contributed by atoms with Crippen molar-refractivity contribution in [3.05, 3.63) is 104 Å². The van der Waals surface area contributed by atoms with E-state index in [1.54, 1.807) is 39.5 Å². The molecule has 0 fully saturated rings. The number of nitrogen functional groups attached to an aromatic ring is 2. The molecule has 0 bridgehead atoms. The van der Waals surface area contributed by atoms with Crippen LogP contribution in [0, 0.1) is 5.82 Å². The third-order valence-electron chi connectivity index (χ3n) is 7.38. The molecule has 0 aliphatic carbocycles. The number of nitrogens with two attached hydrogens (primary N) is 2. The maximum absolute atomic E-state index is 13.1. The Morgan fingerprint density at radius 3 is 1.69 bits per heavy atom. The van der Waals surface area contributed by atoms with Crippen LogP contribution in [0.4, 0.5) is 16.3 Å². The Morgan fingerprint density at radius 2 is 1.22 bits per heavy atom. The molecule has 0 aliphatic rings. The smallest absolute Gasteiger partial charge is 0.280 e. The van der Waals surface area contributed by atoms with Crippen LogP contribution in [0.5, 0.6) is 0 Å². The maximum atomic E-state index is 13.1. The van der Waals surface area contributed by atoms with Gasteiger partial charge in [-0.2, -0.15) is 9.97 Å². The molecule has 288 valence electrons. The molecule has 6 aromatic rings. The van der Waals surface area contributed by atoms with E-state index in [1.165, 1.54) is 38.1 Å². The summed E-state index contributed by atoms with van der Waals surface area (Å²) in [6.07, 6.45) is 2.82. The number of nitrogens with zero attached hydrogens (tertiary/aromatic N) is 6. The van der Waals surface area contributed by atoms with Gasteiger partial charge >= 0.3 is 0 Å². The number of aromatic nitrogens is 8. The van der Waals surface area contributed by atoms with Crippen molar-refractivity contribution in [2.45, 2.75) is 26.3 Å². The lowest BCUT2D eigenvalue weighted by Crippen LogP contribution is -2.13. The third-order valence-corrected chi connectivity index (χ3v) is 10.3. The number of rotatable bonds is 16. The first kappa shape index (κ1) is 40.4. The highest BCUT2D eigenvalue weighted by molar-refractivity contribution is 7.58. The standard InChI is InChI=1S/C16H19ClN5O4P.C16H19FN5O4P/c2*1-27(24,26-8-11-3-2-4-12(17)7-11)10-25-6-5-22-9-19-13-14(22)20-16(18)21-15(13)23/h2*2-4,7,9H,5-6,8,10H2,1H3,(H3,18,20,21,23). The number of benzene rings is 2. The van der Waals surface area contributed by atoms with Gasteiger partial charge in [-0.25, -0.2) is 14.4 Å². The zero-order chi connectivity index (χ0) is 38.9. The van der Waals surface area contributed by atoms with Crippen molar-refractivity contribution in [2.75, 3.05) is 50.7 Å². The van der Waals surface area contributed by atoms with Gasteiger partial charge in [-0.15, -0.1) is 0 Å². The normalized spacial score (nSPS) is 13.7. The van der Waals surface area contributed by atoms with E-state index < -0.39 is 25.9 Å². The molecule has 4 heterocycles. The molecule has 6 N–H and O–H groups in total. The highest BCUT2D eigenvalue weighted by Crippen LogP contribution is 2.44. The summed E-state index contributed by atoms with van der Waals surface area (Å²) in [5.41, 5.74) is 12.8. The van der Waals surface area contributed by atoms with Crippen molar-refractivity contribution < 1.29 is 32.0 Å². The van der Waals surface area contributed by atoms with Crippen LogP contribution >= 0.6 is 26.3 Å². The lowest BCUT2D eigenvalue weighted by Gasteiger charge is -2.14. The van der Waals surface area contributed by atoms with Gasteiger partial charge in [0.2, 0.25) is 26.6 Å². The largest absolute Gasteiger partial charge is 0.370 e. The molecule has 0 amide bonds. The zero-order valence-corrected chi connectivity index (χ0v) is 31.7. The number of H-pyrrole nitrogens is 2. The van der Waals surface area contributed by atoms with Gasteiger partial charge < -0.3 is 39.1 Å². The molecule has 54 heavy (non-hydrogen) atoms. The summed E-state index contributed by atoms with van der Waals surface area (Å²) >= 11 is 5.92. The van der Waals surface area contributed by atoms with Crippen molar-refractivity contribution in [3.63, 3.8) is 0 Å². The lowest BCUT2D eigenvalue weighted by molar-refractivity contribution is 0.153. The minimum Gasteiger partial charge on any atom is -0.370 e. The summed E-state index contributed by atoms with van der Waals surface area (Å²) in [6.45, 7) is 4.38. The number of hydrogen-bond acceptors (Lipinski definition) is 14. The maximum Gasteiger partial charge on any atom is 0.280 e. The van der Waals surface area contributed by atoms with Gasteiger partial charge in [-0.05, 0) is 35.4 Å². The van der Waals surface area contributed by atoms with Crippen LogP contribution in [0.15, 0.2) is 70.8 Å². The predicted octanol–water partition coefficient (Wildman–Crippen LogP) is 4.39. The van der Waals surface area contributed by atoms with E-state index in [2.05, 4.69) is 29.9 Å². The Kier molecular flexibility index (Phi) is 13.5. The average molecular weight is 807 g/mol. The fourth-order valence-corrected chi connectivity index (χ4v) is 6.93. The number of anilines is 2. The third kappa shape index (κ3) is 11.6. The van der Waals surface area contributed by atoms with Crippen LogP contribution in [0.1, 0.15) is 11.1 Å². The van der Waals surface area contributed by atoms with E-state index in [9.17, 15) is 23.1 Å². The number of hydrogen-bond donors (Lipinski definition) is 4. The van der Waals surface area contributed by atoms with E-state index in [-0.39, 0.29) is 67.9 Å². The molecule has 22 heteroatoms. The first-order valence-corrected chi connectivity index (χ1v) is 21.0. The minimum atomic E-state index is -3.00. The molecule has 0 saturated heterocycles. The molecule has 0 spiro atoms. The molecular weight excluding hydrogens is 769 g/mol. The van der Waals surface area contributed by atoms with Gasteiger partial charge in [-0.3, -0.25) is 28.7 Å². The minimum absolute atomic E-state index is 0.000948. The van der Waals surface area contributed by atoms with Gasteiger partial charge in [0.25, 0.3) is 11.1 Å². The average Bonchev–Trinajstić information content (AvgIpc) is 3.71. The zero-order valence-electron chi connectivity index (χ0n) is 29.2. The van der Waals surface area contributed by atoms with E-state index in [0.717, 1.165) is 5.56 Å². The van der Waals surface area contributed by atoms with Gasteiger partial charge in [0.15, 0.2) is 22.3 Å². The van der Waals surface area contributed by atoms with Gasteiger partial charge in [0.1, 0.15) is 18.5 Å². The van der Waals surface area contributed by atoms with Gasteiger partial charge in [0.05, 0.1) is 39.1 Å². The second-order valence-electron chi connectivity index (χ2n) is 12.0. The SMILES string of the molecule is CP(=O)(COCCn1cnc2c(=O)[nH]c(N)nc21)OCc1cccc(Cl)c1.CP(=O)(COCCn1cnc2c(=O)[nH]c(N)nc21)OCc1cccc(F)c1. The second-order valence-corrected chi connectivity index (χ2v) is 17.6. The topological polar surface area (TPSA) is 250 Å². The van der Waals surface area contributed by atoms with Crippen LogP contribution < -0.4 is 22.6 Å². The molecule has 0 saturated carbocycles. The fraction of sp³-hybridized carbons (Fsp3) is 0.312. The molecule has 0 radical (unpaired) electrons. The molecule has 2 atom stereocenters. The van der Waals surface area contributed by atoms with Gasteiger partial charge in [-0.1, -0.05) is 35.9 Å². The van der Waals surface area contributed by atoms with Crippen LogP contribution in [0.25, 0.3) is 22.3 Å². The van der Waals surface area contributed by atoms with Gasteiger partial charge in [0, 0.05) is 31.4 Å². The summed E-state index contributed by atoms with van der Waals surface area (Å²) in [7, 11) is -5.93. The molecule has 2 unspecified atom stereocenters. The van der Waals surface area contributed by atoms with E-state index in [0.29, 0.717) is 35.0 Å². The van der Waals surface area contributed by atoms with Crippen LogP contribution in [-0.2, 0) is 54.0 Å². The van der Waals surface area contributed by atoms with E-state index in [4.69, 9.17) is 41.6 Å². The summed E-state index contributed by atoms with van der Waals surface area (Å²) in [5, 5.41) is 0.596. The van der Waals surface area contributed by atoms with Crippen molar-refractivity contribution in [1.82, 2.24) is 39.0 Å². The lowest BCUT2D eigenvalue weighted by atomic mass is 10.2. The number of aromatic amines is 2. The van der Waals surface area contributed by atoms with Crippen molar-refractivity contribution in [1.29, 1.82) is 0 Å². The molecule has 18 nitrogen and oxygen atoms in total. The summed E-state index contributed by atoms with van der Waals surface area (Å²) in [4.78, 5) is 44.3. The van der Waals surface area contributed by atoms with Crippen molar-refractivity contribution in [3.8, 4) is 0 Å². The molecule has 6 rings (SSSR count). The summed E-state index contributed by atoms with van der Waals surface area (Å²) in [5.74, 6) is -0.361. The number of imidazole rings is 2. The van der Waals surface area contributed by atoms with Crippen LogP contribution in [-0.4, -0.2) is 78.3 Å². The number of ether oxygens (including phenoxy) is 2. The highest BCUT2D eigenvalue weighted by Gasteiger charge is 2.18. The Morgan fingerprint density at radius 1 is 0.759 bits per heavy atom. The first-order chi connectivity index (χ1) is 25.7. The molecule has 4 aromatic heterocycles. The second kappa shape index (κ2) is 18.1.